The number of hydrogen-bond donors (Lipinski definition) is 0. The van der Waals surface area contributed by atoms with Gasteiger partial charge in [0, 0.05) is 45.8 Å². The quantitative estimate of drug-likeness (QED) is 0.211. The van der Waals surface area contributed by atoms with Crippen molar-refractivity contribution in [1.82, 2.24) is 9.97 Å². The molecule has 4 aromatic heterocycles. The van der Waals surface area contributed by atoms with Crippen LogP contribution >= 0.6 is 0 Å². The minimum Gasteiger partial charge on any atom is -0.455 e. The van der Waals surface area contributed by atoms with Crippen LogP contribution in [-0.4, -0.2) is 9.97 Å². The highest BCUT2D eigenvalue weighted by atomic mass is 16.3. The monoisotopic (exact) mass is 536 g/mol. The predicted octanol–water partition coefficient (Wildman–Crippen LogP) is 10.1. The van der Waals surface area contributed by atoms with Gasteiger partial charge >= 0.3 is 0 Å². The zero-order valence-corrected chi connectivity index (χ0v) is 22.3. The average molecular weight is 537 g/mol. The van der Waals surface area contributed by atoms with Crippen LogP contribution in [0, 0.1) is 0 Å². The number of fused-ring (bicyclic) bond motifs is 8. The van der Waals surface area contributed by atoms with E-state index in [9.17, 15) is 0 Å². The van der Waals surface area contributed by atoms with Gasteiger partial charge in [0.15, 0.2) is 0 Å². The van der Waals surface area contributed by atoms with Crippen molar-refractivity contribution in [3.05, 3.63) is 132 Å². The number of benzene rings is 4. The molecule has 4 aromatic carbocycles. The lowest BCUT2D eigenvalue weighted by Crippen LogP contribution is -1.92. The highest BCUT2D eigenvalue weighted by molar-refractivity contribution is 6.22. The normalized spacial score (nSPS) is 12.2. The van der Waals surface area contributed by atoms with Gasteiger partial charge in [-0.1, -0.05) is 78.2 Å². The smallest absolute Gasteiger partial charge is 0.147 e. The first-order valence-electron chi connectivity index (χ1n) is 13.8. The van der Waals surface area contributed by atoms with E-state index in [1.54, 1.807) is 6.20 Å². The van der Waals surface area contributed by atoms with Gasteiger partial charge in [-0.3, -0.25) is 4.98 Å². The molecule has 0 N–H and O–H groups in total. The molecule has 9 rings (SSSR count). The van der Waals surface area contributed by atoms with Gasteiger partial charge in [-0.05, 0) is 52.7 Å². The SMILES string of the molecule is C1=C=Cc2c(oc3c(-c4ccc(-c5cccc(-c6ccccn6)n5)c5ccccc45)cc4c5ccccc5oc4c23)C=1. The second-order valence-corrected chi connectivity index (χ2v) is 10.4. The number of rotatable bonds is 3. The van der Waals surface area contributed by atoms with E-state index in [-0.39, 0.29) is 0 Å². The summed E-state index contributed by atoms with van der Waals surface area (Å²) in [6, 6.07) is 35.2. The van der Waals surface area contributed by atoms with Crippen LogP contribution in [0.3, 0.4) is 0 Å². The highest BCUT2D eigenvalue weighted by Gasteiger charge is 2.24. The summed E-state index contributed by atoms with van der Waals surface area (Å²) >= 11 is 0. The maximum absolute atomic E-state index is 6.54. The average Bonchev–Trinajstić information content (AvgIpc) is 3.63. The van der Waals surface area contributed by atoms with Crippen molar-refractivity contribution in [3.63, 3.8) is 0 Å². The molecule has 0 radical (unpaired) electrons. The molecule has 0 aliphatic heterocycles. The molecule has 4 nitrogen and oxygen atoms in total. The molecule has 194 valence electrons. The summed E-state index contributed by atoms with van der Waals surface area (Å²) < 4.78 is 13.0. The van der Waals surface area contributed by atoms with E-state index >= 15 is 0 Å². The molecule has 4 heterocycles. The summed E-state index contributed by atoms with van der Waals surface area (Å²) in [5, 5.41) is 5.32. The lowest BCUT2D eigenvalue weighted by molar-refractivity contribution is 0.604. The molecule has 0 saturated heterocycles. The fraction of sp³-hybridized carbons (Fsp3) is 0. The van der Waals surface area contributed by atoms with E-state index in [0.29, 0.717) is 0 Å². The first-order valence-corrected chi connectivity index (χ1v) is 13.8. The Hall–Kier alpha value is -5.92. The third-order valence-electron chi connectivity index (χ3n) is 8.04. The van der Waals surface area contributed by atoms with Crippen LogP contribution in [0.4, 0.5) is 0 Å². The Balaban J connectivity index is 1.33. The molecular formula is C38H20N2O2. The molecule has 4 heteroatoms. The summed E-state index contributed by atoms with van der Waals surface area (Å²) in [5.74, 6) is 0.759. The first kappa shape index (κ1) is 22.9. The van der Waals surface area contributed by atoms with Crippen LogP contribution in [0.1, 0.15) is 11.3 Å². The zero-order chi connectivity index (χ0) is 27.6. The minimum atomic E-state index is 0.759. The fourth-order valence-electron chi connectivity index (χ4n) is 6.15. The molecule has 1 aliphatic rings. The van der Waals surface area contributed by atoms with Crippen molar-refractivity contribution in [3.8, 4) is 33.8 Å². The Morgan fingerprint density at radius 1 is 0.524 bits per heavy atom. The highest BCUT2D eigenvalue weighted by Crippen LogP contribution is 2.46. The Bertz CT molecular complexity index is 2490. The molecule has 42 heavy (non-hydrogen) atoms. The van der Waals surface area contributed by atoms with Gasteiger partial charge in [0.2, 0.25) is 0 Å². The largest absolute Gasteiger partial charge is 0.455 e. The molecule has 0 amide bonds. The van der Waals surface area contributed by atoms with Crippen molar-refractivity contribution in [2.45, 2.75) is 0 Å². The summed E-state index contributed by atoms with van der Waals surface area (Å²) in [4.78, 5) is 9.52. The standard InChI is InChI=1S/C38H20N2O2/c1-2-11-24-23(10-1)25(19-20-26(24)31-15-9-16-33(40-31)32-14-7-8-21-39-32)29-22-30-27-12-3-5-17-34(27)41-38(30)36-28-13-4-6-18-35(28)42-37(29)36/h1-3,5,7-22H. The molecule has 0 bridgehead atoms. The van der Waals surface area contributed by atoms with Gasteiger partial charge in [-0.2, -0.15) is 0 Å². The molecule has 0 atom stereocenters. The van der Waals surface area contributed by atoms with Crippen molar-refractivity contribution >= 4 is 55.8 Å². The van der Waals surface area contributed by atoms with Gasteiger partial charge < -0.3 is 8.83 Å². The van der Waals surface area contributed by atoms with Gasteiger partial charge in [-0.15, -0.1) is 0 Å². The van der Waals surface area contributed by atoms with Crippen LogP contribution in [0.2, 0.25) is 0 Å². The number of para-hydroxylation sites is 1. The third-order valence-corrected chi connectivity index (χ3v) is 8.04. The first-order chi connectivity index (χ1) is 20.8. The molecule has 8 aromatic rings. The summed E-state index contributed by atoms with van der Waals surface area (Å²) in [6.45, 7) is 0. The van der Waals surface area contributed by atoms with Crippen LogP contribution in [0.25, 0.3) is 89.6 Å². The van der Waals surface area contributed by atoms with Crippen LogP contribution in [0.15, 0.2) is 130 Å². The van der Waals surface area contributed by atoms with Crippen LogP contribution in [0.5, 0.6) is 0 Å². The van der Waals surface area contributed by atoms with Crippen molar-refractivity contribution < 1.29 is 8.83 Å². The minimum absolute atomic E-state index is 0.759. The number of pyridine rings is 2. The Morgan fingerprint density at radius 3 is 2.14 bits per heavy atom. The Kier molecular flexibility index (Phi) is 4.78. The van der Waals surface area contributed by atoms with Gasteiger partial charge in [0.25, 0.3) is 0 Å². The number of hydrogen-bond acceptors (Lipinski definition) is 4. The topological polar surface area (TPSA) is 52.1 Å². The van der Waals surface area contributed by atoms with Gasteiger partial charge in [0.05, 0.1) is 22.5 Å². The fourth-order valence-corrected chi connectivity index (χ4v) is 6.15. The molecule has 1 aliphatic carbocycles. The van der Waals surface area contributed by atoms with Gasteiger partial charge in [0.1, 0.15) is 22.5 Å². The Morgan fingerprint density at radius 2 is 1.26 bits per heavy atom. The lowest BCUT2D eigenvalue weighted by atomic mass is 9.91. The second kappa shape index (κ2) is 8.79. The molecule has 0 saturated carbocycles. The third kappa shape index (κ3) is 3.31. The number of aromatic nitrogens is 2. The summed E-state index contributed by atoms with van der Waals surface area (Å²) in [6.07, 6.45) is 5.57. The van der Waals surface area contributed by atoms with E-state index in [1.165, 1.54) is 0 Å². The summed E-state index contributed by atoms with van der Waals surface area (Å²) in [5.41, 5.74) is 15.3. The van der Waals surface area contributed by atoms with Crippen LogP contribution in [-0.2, 0) is 0 Å². The van der Waals surface area contributed by atoms with E-state index in [0.717, 1.165) is 88.8 Å². The van der Waals surface area contributed by atoms with E-state index in [1.807, 2.05) is 60.7 Å². The van der Waals surface area contributed by atoms with E-state index < -0.39 is 0 Å². The van der Waals surface area contributed by atoms with Crippen molar-refractivity contribution in [2.24, 2.45) is 0 Å². The zero-order valence-electron chi connectivity index (χ0n) is 22.3. The van der Waals surface area contributed by atoms with Crippen molar-refractivity contribution in [2.75, 3.05) is 0 Å². The molecule has 0 unspecified atom stereocenters. The van der Waals surface area contributed by atoms with E-state index in [4.69, 9.17) is 13.8 Å². The van der Waals surface area contributed by atoms with Crippen LogP contribution < -0.4 is 0 Å². The number of furan rings is 2. The molecular weight excluding hydrogens is 516 g/mol. The maximum atomic E-state index is 6.54. The molecule has 0 fully saturated rings. The number of nitrogens with zero attached hydrogens (tertiary/aromatic N) is 2. The maximum Gasteiger partial charge on any atom is 0.147 e. The Labute approximate surface area is 240 Å². The predicted molar refractivity (Wildman–Crippen MR) is 169 cm³/mol. The second-order valence-electron chi connectivity index (χ2n) is 10.4. The van der Waals surface area contributed by atoms with Crippen molar-refractivity contribution in [1.29, 1.82) is 0 Å². The summed E-state index contributed by atoms with van der Waals surface area (Å²) in [7, 11) is 0. The lowest BCUT2D eigenvalue weighted by Gasteiger charge is -2.13. The van der Waals surface area contributed by atoms with Gasteiger partial charge in [-0.25, -0.2) is 4.98 Å². The molecule has 0 spiro atoms. The van der Waals surface area contributed by atoms with E-state index in [2.05, 4.69) is 71.0 Å².